The molecular formula is C27H24N2O2. The second-order valence-corrected chi connectivity index (χ2v) is 7.91. The van der Waals surface area contributed by atoms with Crippen molar-refractivity contribution in [3.63, 3.8) is 0 Å². The number of benzene rings is 3. The van der Waals surface area contributed by atoms with Crippen LogP contribution in [0.1, 0.15) is 23.5 Å². The topological polar surface area (TPSA) is 42.4 Å². The fourth-order valence-electron chi connectivity index (χ4n) is 4.26. The van der Waals surface area contributed by atoms with Gasteiger partial charge in [0, 0.05) is 24.4 Å². The molecule has 0 saturated carbocycles. The molecule has 0 aliphatic carbocycles. The van der Waals surface area contributed by atoms with Gasteiger partial charge in [-0.3, -0.25) is 4.79 Å². The maximum absolute atomic E-state index is 13.6. The zero-order valence-corrected chi connectivity index (χ0v) is 17.2. The normalized spacial score (nSPS) is 16.0. The maximum atomic E-state index is 13.6. The Morgan fingerprint density at radius 2 is 1.48 bits per heavy atom. The van der Waals surface area contributed by atoms with Crippen molar-refractivity contribution in [2.24, 2.45) is 0 Å². The molecule has 4 nitrogen and oxygen atoms in total. The highest BCUT2D eigenvalue weighted by atomic mass is 16.5. The number of hydrogen-bond acceptors (Lipinski definition) is 3. The van der Waals surface area contributed by atoms with Crippen molar-refractivity contribution in [2.75, 3.05) is 13.1 Å². The highest BCUT2D eigenvalue weighted by molar-refractivity contribution is 5.87. The third kappa shape index (κ3) is 4.15. The number of rotatable bonds is 5. The Morgan fingerprint density at radius 1 is 0.839 bits per heavy atom. The molecule has 1 unspecified atom stereocenters. The van der Waals surface area contributed by atoms with Gasteiger partial charge in [0.1, 0.15) is 6.10 Å². The molecule has 4 heteroatoms. The van der Waals surface area contributed by atoms with Gasteiger partial charge in [0.25, 0.3) is 0 Å². The SMILES string of the molecule is O=C(C(c1ccccc1)c1ccccc1)N1CCC(Oc2ccc3ccccc3n2)C1. The number of para-hydroxylation sites is 1. The van der Waals surface area contributed by atoms with Crippen molar-refractivity contribution < 1.29 is 9.53 Å². The van der Waals surface area contributed by atoms with E-state index in [0.29, 0.717) is 19.0 Å². The number of pyridine rings is 1. The molecule has 4 aromatic rings. The van der Waals surface area contributed by atoms with Crippen LogP contribution in [0.3, 0.4) is 0 Å². The van der Waals surface area contributed by atoms with Gasteiger partial charge in [-0.1, -0.05) is 78.9 Å². The number of hydrogen-bond donors (Lipinski definition) is 0. The third-order valence-electron chi connectivity index (χ3n) is 5.83. The predicted octanol–water partition coefficient (Wildman–Crippen LogP) is 5.05. The molecule has 1 amide bonds. The summed E-state index contributed by atoms with van der Waals surface area (Å²) >= 11 is 0. The van der Waals surface area contributed by atoms with Crippen molar-refractivity contribution in [1.82, 2.24) is 9.88 Å². The summed E-state index contributed by atoms with van der Waals surface area (Å²) in [6.45, 7) is 1.26. The van der Waals surface area contributed by atoms with Crippen LogP contribution in [0.5, 0.6) is 5.88 Å². The van der Waals surface area contributed by atoms with Gasteiger partial charge in [0.2, 0.25) is 11.8 Å². The Hall–Kier alpha value is -3.66. The molecule has 0 N–H and O–H groups in total. The minimum Gasteiger partial charge on any atom is -0.472 e. The molecule has 154 valence electrons. The summed E-state index contributed by atoms with van der Waals surface area (Å²) in [6.07, 6.45) is 0.751. The van der Waals surface area contributed by atoms with Gasteiger partial charge in [-0.15, -0.1) is 0 Å². The van der Waals surface area contributed by atoms with Crippen LogP contribution >= 0.6 is 0 Å². The van der Waals surface area contributed by atoms with Crippen LogP contribution in [-0.4, -0.2) is 35.0 Å². The number of nitrogens with zero attached hydrogens (tertiary/aromatic N) is 2. The number of carbonyl (C=O) groups is 1. The average molecular weight is 409 g/mol. The summed E-state index contributed by atoms with van der Waals surface area (Å²) in [5.41, 5.74) is 2.94. The van der Waals surface area contributed by atoms with E-state index >= 15 is 0 Å². The smallest absolute Gasteiger partial charge is 0.234 e. The Labute approximate surface area is 182 Å². The monoisotopic (exact) mass is 408 g/mol. The van der Waals surface area contributed by atoms with Gasteiger partial charge in [-0.05, 0) is 23.3 Å². The third-order valence-corrected chi connectivity index (χ3v) is 5.83. The largest absolute Gasteiger partial charge is 0.472 e. The number of aromatic nitrogens is 1. The van der Waals surface area contributed by atoms with Gasteiger partial charge in [-0.25, -0.2) is 4.98 Å². The van der Waals surface area contributed by atoms with Crippen LogP contribution in [-0.2, 0) is 4.79 Å². The zero-order valence-electron chi connectivity index (χ0n) is 17.2. The van der Waals surface area contributed by atoms with E-state index in [-0.39, 0.29) is 17.9 Å². The zero-order chi connectivity index (χ0) is 21.0. The lowest BCUT2D eigenvalue weighted by Crippen LogP contribution is -2.35. The lowest BCUT2D eigenvalue weighted by molar-refractivity contribution is -0.131. The molecule has 31 heavy (non-hydrogen) atoms. The van der Waals surface area contributed by atoms with Crippen molar-refractivity contribution in [3.8, 4) is 5.88 Å². The van der Waals surface area contributed by atoms with E-state index in [1.807, 2.05) is 102 Å². The van der Waals surface area contributed by atoms with E-state index in [9.17, 15) is 4.79 Å². The van der Waals surface area contributed by atoms with Crippen LogP contribution in [0, 0.1) is 0 Å². The Kier molecular flexibility index (Phi) is 5.36. The summed E-state index contributed by atoms with van der Waals surface area (Å²) < 4.78 is 6.15. The minimum atomic E-state index is -0.306. The van der Waals surface area contributed by atoms with Gasteiger partial charge < -0.3 is 9.64 Å². The van der Waals surface area contributed by atoms with E-state index in [2.05, 4.69) is 4.98 Å². The van der Waals surface area contributed by atoms with Crippen LogP contribution < -0.4 is 4.74 Å². The highest BCUT2D eigenvalue weighted by Gasteiger charge is 2.33. The molecule has 3 aromatic carbocycles. The lowest BCUT2D eigenvalue weighted by Gasteiger charge is -2.24. The first-order chi connectivity index (χ1) is 15.3. The van der Waals surface area contributed by atoms with E-state index in [4.69, 9.17) is 4.74 Å². The summed E-state index contributed by atoms with van der Waals surface area (Å²) in [4.78, 5) is 20.1. The first-order valence-electron chi connectivity index (χ1n) is 10.7. The first kappa shape index (κ1) is 19.3. The molecule has 0 radical (unpaired) electrons. The van der Waals surface area contributed by atoms with Crippen molar-refractivity contribution in [2.45, 2.75) is 18.4 Å². The average Bonchev–Trinajstić information content (AvgIpc) is 3.29. The number of ether oxygens (including phenoxy) is 1. The van der Waals surface area contributed by atoms with Crippen LogP contribution in [0.25, 0.3) is 10.9 Å². The fraction of sp³-hybridized carbons (Fsp3) is 0.185. The van der Waals surface area contributed by atoms with Crippen LogP contribution in [0.2, 0.25) is 0 Å². The lowest BCUT2D eigenvalue weighted by atomic mass is 9.90. The van der Waals surface area contributed by atoms with Crippen molar-refractivity contribution >= 4 is 16.8 Å². The van der Waals surface area contributed by atoms with Crippen LogP contribution in [0.4, 0.5) is 0 Å². The minimum absolute atomic E-state index is 0.0511. The molecular weight excluding hydrogens is 384 g/mol. The molecule has 1 aromatic heterocycles. The molecule has 1 aliphatic rings. The number of amides is 1. The molecule has 1 aliphatic heterocycles. The molecule has 1 saturated heterocycles. The summed E-state index contributed by atoms with van der Waals surface area (Å²) in [7, 11) is 0. The molecule has 5 rings (SSSR count). The summed E-state index contributed by atoms with van der Waals surface area (Å²) in [5, 5.41) is 1.09. The second-order valence-electron chi connectivity index (χ2n) is 7.91. The number of carbonyl (C=O) groups excluding carboxylic acids is 1. The molecule has 0 spiro atoms. The van der Waals surface area contributed by atoms with Crippen LogP contribution in [0.15, 0.2) is 97.1 Å². The van der Waals surface area contributed by atoms with E-state index in [1.54, 1.807) is 0 Å². The standard InChI is InChI=1S/C27H24N2O2/c30-27(26(21-10-3-1-4-11-21)22-12-5-2-6-13-22)29-18-17-23(19-29)31-25-16-15-20-9-7-8-14-24(20)28-25/h1-16,23,26H,17-19H2. The first-order valence-corrected chi connectivity index (χ1v) is 10.7. The number of likely N-dealkylation sites (tertiary alicyclic amines) is 1. The molecule has 1 fully saturated rings. The maximum Gasteiger partial charge on any atom is 0.234 e. The molecule has 0 bridgehead atoms. The molecule has 2 heterocycles. The van der Waals surface area contributed by atoms with Crippen molar-refractivity contribution in [1.29, 1.82) is 0 Å². The van der Waals surface area contributed by atoms with E-state index in [1.165, 1.54) is 0 Å². The quantitative estimate of drug-likeness (QED) is 0.464. The summed E-state index contributed by atoms with van der Waals surface area (Å²) in [5.74, 6) is 0.426. The van der Waals surface area contributed by atoms with Gasteiger partial charge in [-0.2, -0.15) is 0 Å². The fourth-order valence-corrected chi connectivity index (χ4v) is 4.26. The van der Waals surface area contributed by atoms with Crippen molar-refractivity contribution in [3.05, 3.63) is 108 Å². The van der Waals surface area contributed by atoms with Gasteiger partial charge >= 0.3 is 0 Å². The van der Waals surface area contributed by atoms with E-state index in [0.717, 1.165) is 28.5 Å². The Morgan fingerprint density at radius 3 is 2.19 bits per heavy atom. The highest BCUT2D eigenvalue weighted by Crippen LogP contribution is 2.29. The summed E-state index contributed by atoms with van der Waals surface area (Å²) in [6, 6.07) is 31.9. The number of fused-ring (bicyclic) bond motifs is 1. The second kappa shape index (κ2) is 8.60. The Bertz CT molecular complexity index is 1140. The van der Waals surface area contributed by atoms with Gasteiger partial charge in [0.05, 0.1) is 18.0 Å². The predicted molar refractivity (Wildman–Crippen MR) is 122 cm³/mol. The van der Waals surface area contributed by atoms with Gasteiger partial charge in [0.15, 0.2) is 0 Å². The Balaban J connectivity index is 1.33. The van der Waals surface area contributed by atoms with E-state index < -0.39 is 0 Å². The molecule has 1 atom stereocenters.